The average Bonchev–Trinajstić information content (AvgIpc) is 2.84. The van der Waals surface area contributed by atoms with Gasteiger partial charge in [-0.1, -0.05) is 30.3 Å². The Morgan fingerprint density at radius 1 is 1.35 bits per heavy atom. The van der Waals surface area contributed by atoms with Crippen LogP contribution >= 0.6 is 11.3 Å². The Bertz CT molecular complexity index is 792. The van der Waals surface area contributed by atoms with Crippen LogP contribution in [-0.4, -0.2) is 14.7 Å². The van der Waals surface area contributed by atoms with E-state index in [0.717, 1.165) is 15.3 Å². The molecule has 5 heteroatoms. The molecule has 1 N–H and O–H groups in total. The maximum atomic E-state index is 12.3. The first-order chi connectivity index (χ1) is 9.65. The van der Waals surface area contributed by atoms with Gasteiger partial charge in [-0.25, -0.2) is 4.98 Å². The second-order valence-electron chi connectivity index (χ2n) is 4.70. The number of hydrogen-bond donors (Lipinski definition) is 1. The lowest BCUT2D eigenvalue weighted by atomic mass is 10.1. The first-order valence-electron chi connectivity index (χ1n) is 6.34. The van der Waals surface area contributed by atoms with Crippen LogP contribution in [0.2, 0.25) is 0 Å². The molecule has 102 valence electrons. The van der Waals surface area contributed by atoms with E-state index in [-0.39, 0.29) is 12.1 Å². The van der Waals surface area contributed by atoms with Crippen molar-refractivity contribution in [3.05, 3.63) is 63.5 Å². The van der Waals surface area contributed by atoms with E-state index in [1.807, 2.05) is 43.3 Å². The lowest BCUT2D eigenvalue weighted by Crippen LogP contribution is -2.23. The number of aliphatic hydroxyl groups excluding tert-OH is 1. The SMILES string of the molecule is Cc1cc2c(=O)n(CC(O)c3ccccc3)cnc2s1. The first kappa shape index (κ1) is 13.0. The average molecular weight is 286 g/mol. The Morgan fingerprint density at radius 3 is 2.85 bits per heavy atom. The van der Waals surface area contributed by atoms with Crippen LogP contribution in [0.1, 0.15) is 16.5 Å². The molecule has 4 nitrogen and oxygen atoms in total. The van der Waals surface area contributed by atoms with E-state index in [9.17, 15) is 9.90 Å². The van der Waals surface area contributed by atoms with Gasteiger partial charge in [-0.3, -0.25) is 9.36 Å². The molecule has 1 unspecified atom stereocenters. The van der Waals surface area contributed by atoms with Gasteiger partial charge in [0.2, 0.25) is 0 Å². The number of hydrogen-bond acceptors (Lipinski definition) is 4. The molecule has 3 aromatic rings. The van der Waals surface area contributed by atoms with Gasteiger partial charge in [0.05, 0.1) is 24.4 Å². The third-order valence-corrected chi connectivity index (χ3v) is 4.15. The van der Waals surface area contributed by atoms with E-state index >= 15 is 0 Å². The molecule has 0 saturated carbocycles. The Balaban J connectivity index is 1.95. The molecular formula is C15H14N2O2S. The molecule has 0 saturated heterocycles. The third-order valence-electron chi connectivity index (χ3n) is 3.20. The molecule has 0 aliphatic heterocycles. The van der Waals surface area contributed by atoms with Crippen molar-refractivity contribution < 1.29 is 5.11 Å². The van der Waals surface area contributed by atoms with E-state index in [4.69, 9.17) is 0 Å². The molecule has 0 amide bonds. The summed E-state index contributed by atoms with van der Waals surface area (Å²) in [4.78, 5) is 18.4. The van der Waals surface area contributed by atoms with Crippen LogP contribution in [0.3, 0.4) is 0 Å². The Kier molecular flexibility index (Phi) is 3.38. The fourth-order valence-corrected chi connectivity index (χ4v) is 3.02. The molecule has 20 heavy (non-hydrogen) atoms. The number of aromatic nitrogens is 2. The first-order valence-corrected chi connectivity index (χ1v) is 7.15. The predicted octanol–water partition coefficient (Wildman–Crippen LogP) is 2.50. The van der Waals surface area contributed by atoms with Crippen molar-refractivity contribution in [1.82, 2.24) is 9.55 Å². The van der Waals surface area contributed by atoms with Crippen LogP contribution in [0.25, 0.3) is 10.2 Å². The number of aliphatic hydroxyl groups is 1. The number of aryl methyl sites for hydroxylation is 1. The van der Waals surface area contributed by atoms with Crippen LogP contribution in [0.5, 0.6) is 0 Å². The van der Waals surface area contributed by atoms with Crippen molar-refractivity contribution in [2.75, 3.05) is 0 Å². The maximum absolute atomic E-state index is 12.3. The fraction of sp³-hybridized carbons (Fsp3) is 0.200. The summed E-state index contributed by atoms with van der Waals surface area (Å²) >= 11 is 1.50. The van der Waals surface area contributed by atoms with E-state index in [2.05, 4.69) is 4.98 Å². The summed E-state index contributed by atoms with van der Waals surface area (Å²) in [6, 6.07) is 11.2. The quantitative estimate of drug-likeness (QED) is 0.805. The molecular weight excluding hydrogens is 272 g/mol. The van der Waals surface area contributed by atoms with Crippen molar-refractivity contribution >= 4 is 21.6 Å². The zero-order valence-electron chi connectivity index (χ0n) is 11.0. The molecule has 2 aromatic heterocycles. The van der Waals surface area contributed by atoms with Gasteiger partial charge in [-0.2, -0.15) is 0 Å². The normalized spacial score (nSPS) is 12.7. The molecule has 1 aromatic carbocycles. The summed E-state index contributed by atoms with van der Waals surface area (Å²) in [6.45, 7) is 2.16. The zero-order chi connectivity index (χ0) is 14.1. The molecule has 2 heterocycles. The van der Waals surface area contributed by atoms with Crippen molar-refractivity contribution in [1.29, 1.82) is 0 Å². The molecule has 0 aliphatic rings. The van der Waals surface area contributed by atoms with Gasteiger partial charge in [-0.15, -0.1) is 11.3 Å². The van der Waals surface area contributed by atoms with E-state index in [1.54, 1.807) is 0 Å². The lowest BCUT2D eigenvalue weighted by molar-refractivity contribution is 0.155. The van der Waals surface area contributed by atoms with Crippen LogP contribution in [0, 0.1) is 6.92 Å². The minimum atomic E-state index is -0.715. The predicted molar refractivity (Wildman–Crippen MR) is 80.0 cm³/mol. The number of fused-ring (bicyclic) bond motifs is 1. The number of benzene rings is 1. The minimum absolute atomic E-state index is 0.102. The zero-order valence-corrected chi connectivity index (χ0v) is 11.8. The highest BCUT2D eigenvalue weighted by molar-refractivity contribution is 7.18. The Hall–Kier alpha value is -1.98. The maximum Gasteiger partial charge on any atom is 0.262 e. The summed E-state index contributed by atoms with van der Waals surface area (Å²) in [5.74, 6) is 0. The van der Waals surface area contributed by atoms with E-state index < -0.39 is 6.10 Å². The van der Waals surface area contributed by atoms with E-state index in [1.165, 1.54) is 22.2 Å². The molecule has 0 aliphatic carbocycles. The second kappa shape index (κ2) is 5.19. The highest BCUT2D eigenvalue weighted by atomic mass is 32.1. The summed E-state index contributed by atoms with van der Waals surface area (Å²) in [5, 5.41) is 10.8. The summed E-state index contributed by atoms with van der Waals surface area (Å²) in [6.07, 6.45) is 0.792. The number of thiophene rings is 1. The summed E-state index contributed by atoms with van der Waals surface area (Å²) < 4.78 is 1.46. The van der Waals surface area contributed by atoms with Gasteiger partial charge in [0.25, 0.3) is 5.56 Å². The highest BCUT2D eigenvalue weighted by Gasteiger charge is 2.12. The molecule has 0 bridgehead atoms. The monoisotopic (exact) mass is 286 g/mol. The standard InChI is InChI=1S/C15H14N2O2S/c1-10-7-12-14(20-10)16-9-17(15(12)19)8-13(18)11-5-3-2-4-6-11/h2-7,9,13,18H,8H2,1H3. The van der Waals surface area contributed by atoms with Crippen LogP contribution in [-0.2, 0) is 6.54 Å². The second-order valence-corrected chi connectivity index (χ2v) is 5.94. The lowest BCUT2D eigenvalue weighted by Gasteiger charge is -2.12. The summed E-state index contributed by atoms with van der Waals surface area (Å²) in [7, 11) is 0. The Labute approximate surface area is 120 Å². The summed E-state index contributed by atoms with van der Waals surface area (Å²) in [5.41, 5.74) is 0.690. The number of nitrogens with zero attached hydrogens (tertiary/aromatic N) is 2. The smallest absolute Gasteiger partial charge is 0.262 e. The molecule has 0 spiro atoms. The molecule has 0 fully saturated rings. The van der Waals surface area contributed by atoms with Crippen molar-refractivity contribution in [3.63, 3.8) is 0 Å². The van der Waals surface area contributed by atoms with Gasteiger partial charge in [0.1, 0.15) is 4.83 Å². The van der Waals surface area contributed by atoms with Crippen LogP contribution in [0.4, 0.5) is 0 Å². The van der Waals surface area contributed by atoms with Gasteiger partial charge < -0.3 is 5.11 Å². The number of rotatable bonds is 3. The molecule has 3 rings (SSSR count). The van der Waals surface area contributed by atoms with E-state index in [0.29, 0.717) is 5.39 Å². The largest absolute Gasteiger partial charge is 0.387 e. The van der Waals surface area contributed by atoms with Gasteiger partial charge in [-0.05, 0) is 18.6 Å². The minimum Gasteiger partial charge on any atom is -0.387 e. The van der Waals surface area contributed by atoms with Crippen molar-refractivity contribution in [3.8, 4) is 0 Å². The molecule has 1 atom stereocenters. The van der Waals surface area contributed by atoms with Crippen LogP contribution < -0.4 is 5.56 Å². The van der Waals surface area contributed by atoms with Gasteiger partial charge >= 0.3 is 0 Å². The van der Waals surface area contributed by atoms with Gasteiger partial charge in [0, 0.05) is 4.88 Å². The Morgan fingerprint density at radius 2 is 2.10 bits per heavy atom. The van der Waals surface area contributed by atoms with Crippen LogP contribution in [0.15, 0.2) is 47.5 Å². The van der Waals surface area contributed by atoms with Gasteiger partial charge in [0.15, 0.2) is 0 Å². The fourth-order valence-electron chi connectivity index (χ4n) is 2.18. The van der Waals surface area contributed by atoms with Crippen molar-refractivity contribution in [2.45, 2.75) is 19.6 Å². The van der Waals surface area contributed by atoms with Crippen molar-refractivity contribution in [2.24, 2.45) is 0 Å². The highest BCUT2D eigenvalue weighted by Crippen LogP contribution is 2.20. The topological polar surface area (TPSA) is 55.1 Å². The molecule has 0 radical (unpaired) electrons. The third kappa shape index (κ3) is 2.37.